The predicted molar refractivity (Wildman–Crippen MR) is 96.5 cm³/mol. The number of cyclic esters (lactones) is 1. The Morgan fingerprint density at radius 1 is 1.33 bits per heavy atom. The van der Waals surface area contributed by atoms with E-state index in [0.717, 1.165) is 0 Å². The van der Waals surface area contributed by atoms with E-state index in [2.05, 4.69) is 5.32 Å². The van der Waals surface area contributed by atoms with Crippen LogP contribution < -0.4 is 5.32 Å². The maximum Gasteiger partial charge on any atom is 0.511 e. The molecule has 11 heteroatoms. The number of aliphatic hydroxyl groups excluding tert-OH is 3. The van der Waals surface area contributed by atoms with E-state index in [-0.39, 0.29) is 6.61 Å². The van der Waals surface area contributed by atoms with E-state index >= 15 is 0 Å². The molecular formula is C19H23NO10. The van der Waals surface area contributed by atoms with Crippen LogP contribution in [-0.4, -0.2) is 76.2 Å². The van der Waals surface area contributed by atoms with Gasteiger partial charge in [-0.1, -0.05) is 30.3 Å². The highest BCUT2D eigenvalue weighted by atomic mass is 16.8. The number of carbonyl (C=O) groups is 3. The number of benzene rings is 1. The number of nitrogens with one attached hydrogen (secondary N) is 1. The molecule has 3 rings (SSSR count). The van der Waals surface area contributed by atoms with Crippen molar-refractivity contribution >= 4 is 18.0 Å². The zero-order valence-corrected chi connectivity index (χ0v) is 16.1. The normalized spacial score (nSPS) is 31.3. The number of hydrogen-bond donors (Lipinski definition) is 4. The third kappa shape index (κ3) is 4.54. The summed E-state index contributed by atoms with van der Waals surface area (Å²) >= 11 is 0. The molecule has 0 unspecified atom stereocenters. The molecule has 0 spiro atoms. The second-order valence-corrected chi connectivity index (χ2v) is 7.08. The van der Waals surface area contributed by atoms with Crippen LogP contribution in [0, 0.1) is 0 Å². The van der Waals surface area contributed by atoms with Crippen molar-refractivity contribution in [1.82, 2.24) is 5.32 Å². The molecule has 0 aliphatic carbocycles. The fourth-order valence-corrected chi connectivity index (χ4v) is 3.45. The molecule has 0 radical (unpaired) electrons. The molecule has 2 saturated heterocycles. The van der Waals surface area contributed by atoms with E-state index < -0.39 is 67.3 Å². The molecule has 2 fully saturated rings. The predicted octanol–water partition coefficient (Wildman–Crippen LogP) is -1.03. The molecule has 2 aliphatic rings. The Morgan fingerprint density at radius 2 is 2.03 bits per heavy atom. The van der Waals surface area contributed by atoms with Crippen LogP contribution in [0.1, 0.15) is 18.9 Å². The van der Waals surface area contributed by atoms with Gasteiger partial charge in [-0.3, -0.25) is 4.79 Å². The molecule has 11 nitrogen and oxygen atoms in total. The van der Waals surface area contributed by atoms with Gasteiger partial charge in [-0.25, -0.2) is 9.59 Å². The zero-order valence-electron chi connectivity index (χ0n) is 16.1. The quantitative estimate of drug-likeness (QED) is 0.415. The van der Waals surface area contributed by atoms with Crippen LogP contribution in [0.25, 0.3) is 0 Å². The Hall–Kier alpha value is -2.73. The van der Waals surface area contributed by atoms with Crippen LogP contribution in [-0.2, 0) is 35.1 Å². The Kier molecular flexibility index (Phi) is 6.56. The molecule has 1 aromatic carbocycles. The van der Waals surface area contributed by atoms with E-state index in [9.17, 15) is 29.7 Å². The van der Waals surface area contributed by atoms with Gasteiger partial charge in [0.15, 0.2) is 6.10 Å². The minimum Gasteiger partial charge on any atom is -0.452 e. The maximum absolute atomic E-state index is 12.6. The van der Waals surface area contributed by atoms with Crippen LogP contribution in [0.15, 0.2) is 30.3 Å². The van der Waals surface area contributed by atoms with Crippen molar-refractivity contribution < 1.29 is 48.7 Å². The number of aliphatic hydroxyl groups is 3. The maximum atomic E-state index is 12.6. The Bertz CT molecular complexity index is 785. The van der Waals surface area contributed by atoms with Crippen molar-refractivity contribution in [1.29, 1.82) is 0 Å². The van der Waals surface area contributed by atoms with E-state index in [1.807, 2.05) is 0 Å². The smallest absolute Gasteiger partial charge is 0.452 e. The summed E-state index contributed by atoms with van der Waals surface area (Å²) in [6, 6.07) is 7.65. The second kappa shape index (κ2) is 8.96. The first-order valence-electron chi connectivity index (χ1n) is 9.28. The lowest BCUT2D eigenvalue weighted by Gasteiger charge is -2.50. The van der Waals surface area contributed by atoms with Gasteiger partial charge in [-0.15, -0.1) is 0 Å². The highest BCUT2D eigenvalue weighted by Crippen LogP contribution is 2.39. The average Bonchev–Trinajstić information content (AvgIpc) is 2.71. The number of hydrogen-bond acceptors (Lipinski definition) is 10. The lowest BCUT2D eigenvalue weighted by Crippen LogP contribution is -2.72. The lowest BCUT2D eigenvalue weighted by atomic mass is 9.86. The molecule has 30 heavy (non-hydrogen) atoms. The molecule has 2 bridgehead atoms. The first-order valence-corrected chi connectivity index (χ1v) is 9.28. The number of carbonyl (C=O) groups excluding carboxylic acids is 3. The fourth-order valence-electron chi connectivity index (χ4n) is 3.45. The van der Waals surface area contributed by atoms with Gasteiger partial charge in [-0.05, 0) is 5.56 Å². The van der Waals surface area contributed by atoms with Crippen LogP contribution in [0.2, 0.25) is 0 Å². The monoisotopic (exact) mass is 425 g/mol. The van der Waals surface area contributed by atoms with Crippen molar-refractivity contribution in [2.75, 3.05) is 6.61 Å². The highest BCUT2D eigenvalue weighted by Gasteiger charge is 2.63. The summed E-state index contributed by atoms with van der Waals surface area (Å²) in [4.78, 5) is 36.3. The topological polar surface area (TPSA) is 161 Å². The zero-order chi connectivity index (χ0) is 21.9. The summed E-state index contributed by atoms with van der Waals surface area (Å²) in [5.74, 6) is -4.00. The molecule has 2 aliphatic heterocycles. The van der Waals surface area contributed by atoms with Gasteiger partial charge >= 0.3 is 17.9 Å². The Labute approximate surface area is 171 Å². The van der Waals surface area contributed by atoms with Gasteiger partial charge in [0.05, 0.1) is 25.2 Å². The van der Waals surface area contributed by atoms with Crippen LogP contribution in [0.5, 0.6) is 0 Å². The molecular weight excluding hydrogens is 402 g/mol. The summed E-state index contributed by atoms with van der Waals surface area (Å²) in [5.41, 5.74) is 0.678. The molecule has 2 heterocycles. The summed E-state index contributed by atoms with van der Waals surface area (Å²) in [7, 11) is 0. The molecule has 0 aromatic heterocycles. The molecule has 0 saturated carbocycles. The van der Waals surface area contributed by atoms with Gasteiger partial charge in [0.1, 0.15) is 18.8 Å². The molecule has 164 valence electrons. The standard InChI is InChI=1S/C19H23NO10/c1-10(22)20-14-12(23)7-19(17(25)28-15(13(24)8-21)16(14)29-19)30-18(26)27-9-11-5-3-2-4-6-11/h2-6,12-16,21,23-24H,7-9H2,1H3,(H,20,22)/t12-,13+,14+,15+,16+,19+/m0/s1. The first-order chi connectivity index (χ1) is 14.3. The minimum atomic E-state index is -2.32. The van der Waals surface area contributed by atoms with E-state index in [1.165, 1.54) is 6.92 Å². The number of fused-ring (bicyclic) bond motifs is 2. The van der Waals surface area contributed by atoms with Crippen LogP contribution >= 0.6 is 0 Å². The second-order valence-electron chi connectivity index (χ2n) is 7.08. The fraction of sp³-hybridized carbons (Fsp3) is 0.526. The summed E-state index contributed by atoms with van der Waals surface area (Å²) in [6.45, 7) is 0.309. The van der Waals surface area contributed by atoms with Gasteiger partial charge in [0.25, 0.3) is 0 Å². The number of ether oxygens (including phenoxy) is 4. The number of rotatable bonds is 6. The third-order valence-corrected chi connectivity index (χ3v) is 4.83. The minimum absolute atomic E-state index is 0.128. The number of amides is 1. The van der Waals surface area contributed by atoms with Crippen molar-refractivity contribution in [2.45, 2.75) is 56.2 Å². The van der Waals surface area contributed by atoms with Crippen molar-refractivity contribution in [3.05, 3.63) is 35.9 Å². The largest absolute Gasteiger partial charge is 0.511 e. The Balaban J connectivity index is 1.77. The van der Waals surface area contributed by atoms with Gasteiger partial charge < -0.3 is 39.6 Å². The van der Waals surface area contributed by atoms with Gasteiger partial charge in [0, 0.05) is 6.92 Å². The lowest BCUT2D eigenvalue weighted by molar-refractivity contribution is -0.331. The first kappa shape index (κ1) is 22.0. The van der Waals surface area contributed by atoms with E-state index in [4.69, 9.17) is 18.9 Å². The summed E-state index contributed by atoms with van der Waals surface area (Å²) in [6.07, 6.45) is -7.40. The summed E-state index contributed by atoms with van der Waals surface area (Å²) in [5, 5.41) is 32.2. The number of esters is 1. The van der Waals surface area contributed by atoms with Gasteiger partial charge in [0.2, 0.25) is 5.91 Å². The van der Waals surface area contributed by atoms with Crippen molar-refractivity contribution in [2.24, 2.45) is 0 Å². The van der Waals surface area contributed by atoms with Crippen LogP contribution in [0.3, 0.4) is 0 Å². The van der Waals surface area contributed by atoms with E-state index in [1.54, 1.807) is 30.3 Å². The molecule has 4 N–H and O–H groups in total. The van der Waals surface area contributed by atoms with E-state index in [0.29, 0.717) is 5.56 Å². The van der Waals surface area contributed by atoms with Crippen LogP contribution in [0.4, 0.5) is 4.79 Å². The van der Waals surface area contributed by atoms with Gasteiger partial charge in [-0.2, -0.15) is 0 Å². The van der Waals surface area contributed by atoms with Crippen molar-refractivity contribution in [3.8, 4) is 0 Å². The SMILES string of the molecule is CC(=O)N[C@H]1[C@H]2O[C@@](OC(=O)OCc3ccccc3)(C[C@@H]1O)C(=O)O[C@@H]2[C@H](O)CO. The highest BCUT2D eigenvalue weighted by molar-refractivity contribution is 5.82. The van der Waals surface area contributed by atoms with Crippen molar-refractivity contribution in [3.63, 3.8) is 0 Å². The summed E-state index contributed by atoms with van der Waals surface area (Å²) < 4.78 is 20.9. The average molecular weight is 425 g/mol. The Morgan fingerprint density at radius 3 is 2.67 bits per heavy atom. The molecule has 1 amide bonds. The molecule has 6 atom stereocenters. The third-order valence-electron chi connectivity index (χ3n) is 4.83. The molecule has 1 aromatic rings.